The van der Waals surface area contributed by atoms with Crippen LogP contribution in [-0.2, 0) is 6.42 Å². The van der Waals surface area contributed by atoms with Crippen LogP contribution in [0.2, 0.25) is 0 Å². The monoisotopic (exact) mass is 485 g/mol. The molecule has 0 fully saturated rings. The van der Waals surface area contributed by atoms with Crippen molar-refractivity contribution in [2.24, 2.45) is 0 Å². The summed E-state index contributed by atoms with van der Waals surface area (Å²) in [5.74, 6) is 1.41. The lowest BCUT2D eigenvalue weighted by Crippen LogP contribution is -2.26. The Bertz CT molecular complexity index is 1720. The number of furan rings is 1. The summed E-state index contributed by atoms with van der Waals surface area (Å²) in [6.07, 6.45) is 4.19. The second kappa shape index (κ2) is 8.56. The SMILES string of the molecule is Cc1oc2cc(Oc3ccnc4ccsc34)ccc2c1C(=O)NCCc1c[nH]c2cc(F)ccc12. The molecule has 8 heteroatoms. The Morgan fingerprint density at radius 3 is 2.97 bits per heavy atom. The number of rotatable bonds is 6. The zero-order valence-corrected chi connectivity index (χ0v) is 19.5. The van der Waals surface area contributed by atoms with E-state index in [2.05, 4.69) is 15.3 Å². The van der Waals surface area contributed by atoms with Crippen molar-refractivity contribution in [3.63, 3.8) is 0 Å². The number of aromatic nitrogens is 2. The van der Waals surface area contributed by atoms with E-state index in [1.807, 2.05) is 35.8 Å². The zero-order chi connectivity index (χ0) is 23.9. The first-order valence-electron chi connectivity index (χ1n) is 11.1. The van der Waals surface area contributed by atoms with Crippen molar-refractivity contribution in [2.45, 2.75) is 13.3 Å². The standard InChI is InChI=1S/C27H20FN3O3S/c1-15-25(27(32)30-9-6-16-14-31-22-12-17(28)2-4-19(16)22)20-5-3-18(13-24(20)33-15)34-23-7-10-29-21-8-11-35-26(21)23/h2-5,7-8,10-14,31H,6,9H2,1H3,(H,30,32). The van der Waals surface area contributed by atoms with E-state index >= 15 is 0 Å². The average molecular weight is 486 g/mol. The number of nitrogens with zero attached hydrogens (tertiary/aromatic N) is 1. The summed E-state index contributed by atoms with van der Waals surface area (Å²) in [6, 6.07) is 13.9. The first kappa shape index (κ1) is 21.4. The number of thiophene rings is 1. The number of fused-ring (bicyclic) bond motifs is 3. The Labute approximate surface area is 203 Å². The molecule has 1 amide bonds. The quantitative estimate of drug-likeness (QED) is 0.274. The first-order chi connectivity index (χ1) is 17.1. The maximum Gasteiger partial charge on any atom is 0.255 e. The van der Waals surface area contributed by atoms with Gasteiger partial charge in [0.25, 0.3) is 5.91 Å². The number of carbonyl (C=O) groups is 1. The summed E-state index contributed by atoms with van der Waals surface area (Å²) in [5.41, 5.74) is 3.75. The van der Waals surface area contributed by atoms with E-state index in [0.29, 0.717) is 35.6 Å². The molecular weight excluding hydrogens is 465 g/mol. The van der Waals surface area contributed by atoms with Crippen LogP contribution in [0.4, 0.5) is 4.39 Å². The van der Waals surface area contributed by atoms with Gasteiger partial charge in [0, 0.05) is 47.4 Å². The number of halogens is 1. The third-order valence-electron chi connectivity index (χ3n) is 6.01. The predicted octanol–water partition coefficient (Wildman–Crippen LogP) is 6.74. The van der Waals surface area contributed by atoms with Crippen molar-refractivity contribution in [3.8, 4) is 11.5 Å². The molecule has 4 aromatic heterocycles. The Morgan fingerprint density at radius 1 is 1.17 bits per heavy atom. The highest BCUT2D eigenvalue weighted by molar-refractivity contribution is 7.17. The highest BCUT2D eigenvalue weighted by Crippen LogP contribution is 2.35. The number of aryl methyl sites for hydroxylation is 1. The summed E-state index contributed by atoms with van der Waals surface area (Å²) in [6.45, 7) is 2.22. The predicted molar refractivity (Wildman–Crippen MR) is 135 cm³/mol. The van der Waals surface area contributed by atoms with Crippen LogP contribution in [0.5, 0.6) is 11.5 Å². The van der Waals surface area contributed by atoms with Crippen LogP contribution in [0, 0.1) is 12.7 Å². The molecule has 0 aliphatic carbocycles. The number of aromatic amines is 1. The largest absolute Gasteiger partial charge is 0.460 e. The molecule has 0 aliphatic heterocycles. The van der Waals surface area contributed by atoms with Gasteiger partial charge >= 0.3 is 0 Å². The number of H-pyrrole nitrogens is 1. The van der Waals surface area contributed by atoms with Gasteiger partial charge in [0.05, 0.1) is 15.8 Å². The van der Waals surface area contributed by atoms with Gasteiger partial charge in [-0.3, -0.25) is 9.78 Å². The minimum absolute atomic E-state index is 0.199. The molecule has 0 saturated carbocycles. The zero-order valence-electron chi connectivity index (χ0n) is 18.7. The molecule has 0 saturated heterocycles. The summed E-state index contributed by atoms with van der Waals surface area (Å²) in [5, 5.41) is 6.64. The molecule has 0 atom stereocenters. The van der Waals surface area contributed by atoms with Gasteiger partial charge in [0.2, 0.25) is 0 Å². The Hall–Kier alpha value is -4.17. The summed E-state index contributed by atoms with van der Waals surface area (Å²) < 4.78 is 26.4. The number of hydrogen-bond donors (Lipinski definition) is 2. The van der Waals surface area contributed by atoms with Crippen LogP contribution in [0.25, 0.3) is 32.1 Å². The average Bonchev–Trinajstić information content (AvgIpc) is 3.55. The smallest absolute Gasteiger partial charge is 0.255 e. The Balaban J connectivity index is 1.19. The van der Waals surface area contributed by atoms with Gasteiger partial charge in [-0.05, 0) is 60.7 Å². The maximum absolute atomic E-state index is 13.4. The molecule has 6 nitrogen and oxygen atoms in total. The van der Waals surface area contributed by atoms with Crippen molar-refractivity contribution in [2.75, 3.05) is 6.54 Å². The summed E-state index contributed by atoms with van der Waals surface area (Å²) >= 11 is 1.57. The fourth-order valence-corrected chi connectivity index (χ4v) is 5.17. The molecule has 0 aliphatic rings. The van der Waals surface area contributed by atoms with Gasteiger partial charge in [0.1, 0.15) is 28.7 Å². The van der Waals surface area contributed by atoms with Gasteiger partial charge in [-0.1, -0.05) is 0 Å². The number of nitrogens with one attached hydrogen (secondary N) is 2. The van der Waals surface area contributed by atoms with Crippen LogP contribution in [0.15, 0.2) is 70.7 Å². The molecule has 35 heavy (non-hydrogen) atoms. The van der Waals surface area contributed by atoms with Crippen LogP contribution in [0.3, 0.4) is 0 Å². The minimum atomic E-state index is -0.282. The number of carbonyl (C=O) groups excluding carboxylic acids is 1. The lowest BCUT2D eigenvalue weighted by molar-refractivity contribution is 0.0954. The summed E-state index contributed by atoms with van der Waals surface area (Å²) in [4.78, 5) is 20.4. The van der Waals surface area contributed by atoms with E-state index in [-0.39, 0.29) is 11.7 Å². The molecule has 4 heterocycles. The molecule has 6 rings (SSSR count). The van der Waals surface area contributed by atoms with Gasteiger partial charge in [-0.15, -0.1) is 11.3 Å². The van der Waals surface area contributed by atoms with Crippen LogP contribution >= 0.6 is 11.3 Å². The van der Waals surface area contributed by atoms with Gasteiger partial charge in [0.15, 0.2) is 0 Å². The van der Waals surface area contributed by atoms with E-state index in [1.165, 1.54) is 12.1 Å². The highest BCUT2D eigenvalue weighted by atomic mass is 32.1. The van der Waals surface area contributed by atoms with Gasteiger partial charge in [-0.25, -0.2) is 4.39 Å². The lowest BCUT2D eigenvalue weighted by Gasteiger charge is -2.07. The molecule has 174 valence electrons. The molecule has 2 N–H and O–H groups in total. The number of ether oxygens (including phenoxy) is 1. The van der Waals surface area contributed by atoms with E-state index < -0.39 is 0 Å². The topological polar surface area (TPSA) is 80.2 Å². The third-order valence-corrected chi connectivity index (χ3v) is 6.93. The fourth-order valence-electron chi connectivity index (χ4n) is 4.37. The van der Waals surface area contributed by atoms with Crippen molar-refractivity contribution >= 4 is 49.3 Å². The second-order valence-electron chi connectivity index (χ2n) is 8.25. The van der Waals surface area contributed by atoms with Crippen LogP contribution in [0.1, 0.15) is 21.7 Å². The van der Waals surface area contributed by atoms with E-state index in [1.54, 1.807) is 36.6 Å². The van der Waals surface area contributed by atoms with E-state index in [0.717, 1.165) is 37.8 Å². The number of benzene rings is 2. The highest BCUT2D eigenvalue weighted by Gasteiger charge is 2.19. The molecule has 0 bridgehead atoms. The molecular formula is C27H20FN3O3S. The third kappa shape index (κ3) is 3.91. The van der Waals surface area contributed by atoms with Crippen LogP contribution < -0.4 is 10.1 Å². The minimum Gasteiger partial charge on any atom is -0.460 e. The maximum atomic E-state index is 13.4. The van der Waals surface area contributed by atoms with Gasteiger partial charge in [-0.2, -0.15) is 0 Å². The normalized spacial score (nSPS) is 11.5. The van der Waals surface area contributed by atoms with Crippen LogP contribution in [-0.4, -0.2) is 22.4 Å². The lowest BCUT2D eigenvalue weighted by atomic mass is 10.1. The first-order valence-corrected chi connectivity index (χ1v) is 12.0. The van der Waals surface area contributed by atoms with Crippen molar-refractivity contribution in [3.05, 3.63) is 89.0 Å². The molecule has 6 aromatic rings. The second-order valence-corrected chi connectivity index (χ2v) is 9.16. The van der Waals surface area contributed by atoms with E-state index in [9.17, 15) is 9.18 Å². The number of pyridine rings is 1. The van der Waals surface area contributed by atoms with Crippen molar-refractivity contribution in [1.29, 1.82) is 0 Å². The van der Waals surface area contributed by atoms with Crippen molar-refractivity contribution in [1.82, 2.24) is 15.3 Å². The Kier molecular flexibility index (Phi) is 5.22. The van der Waals surface area contributed by atoms with E-state index in [4.69, 9.17) is 9.15 Å². The number of hydrogen-bond acceptors (Lipinski definition) is 5. The van der Waals surface area contributed by atoms with Gasteiger partial charge < -0.3 is 19.5 Å². The number of amides is 1. The Morgan fingerprint density at radius 2 is 2.06 bits per heavy atom. The molecule has 0 unspecified atom stereocenters. The van der Waals surface area contributed by atoms with Crippen molar-refractivity contribution < 1.29 is 18.3 Å². The molecule has 0 spiro atoms. The fraction of sp³-hybridized carbons (Fsp3) is 0.111. The molecule has 2 aromatic carbocycles. The summed E-state index contributed by atoms with van der Waals surface area (Å²) in [7, 11) is 0. The molecule has 0 radical (unpaired) electrons.